The number of methoxy groups -OCH3 is 1. The Morgan fingerprint density at radius 3 is 2.58 bits per heavy atom. The number of ether oxygens (including phenoxy) is 2. The Kier molecular flexibility index (Phi) is 7.31. The first-order valence-electron chi connectivity index (χ1n) is 7.17. The van der Waals surface area contributed by atoms with Crippen molar-refractivity contribution < 1.29 is 23.9 Å². The van der Waals surface area contributed by atoms with Crippen molar-refractivity contribution in [1.82, 2.24) is 10.6 Å². The summed E-state index contributed by atoms with van der Waals surface area (Å²) >= 11 is 5.87. The van der Waals surface area contributed by atoms with Gasteiger partial charge >= 0.3 is 5.97 Å². The van der Waals surface area contributed by atoms with Crippen LogP contribution in [0.25, 0.3) is 0 Å². The van der Waals surface area contributed by atoms with Crippen molar-refractivity contribution in [2.24, 2.45) is 0 Å². The molecule has 0 radical (unpaired) electrons. The van der Waals surface area contributed by atoms with Gasteiger partial charge in [-0.3, -0.25) is 9.59 Å². The molecule has 0 aromatic heterocycles. The van der Waals surface area contributed by atoms with Crippen molar-refractivity contribution in [2.75, 3.05) is 26.0 Å². The molecular weight excluding hydrogens is 338 g/mol. The van der Waals surface area contributed by atoms with E-state index in [-0.39, 0.29) is 27.9 Å². The van der Waals surface area contributed by atoms with Crippen LogP contribution in [-0.4, -0.2) is 44.1 Å². The zero-order valence-electron chi connectivity index (χ0n) is 13.6. The highest BCUT2D eigenvalue weighted by molar-refractivity contribution is 6.33. The molecule has 0 heterocycles. The number of nitrogens with one attached hydrogen (secondary N) is 2. The molecule has 24 heavy (non-hydrogen) atoms. The van der Waals surface area contributed by atoms with E-state index in [0.717, 1.165) is 0 Å². The summed E-state index contributed by atoms with van der Waals surface area (Å²) in [6.45, 7) is 3.19. The Morgan fingerprint density at radius 1 is 1.33 bits per heavy atom. The van der Waals surface area contributed by atoms with Gasteiger partial charge in [-0.25, -0.2) is 4.79 Å². The van der Waals surface area contributed by atoms with Crippen LogP contribution in [0.5, 0.6) is 5.75 Å². The van der Waals surface area contributed by atoms with E-state index in [1.165, 1.54) is 26.2 Å². The molecule has 4 N–H and O–H groups in total. The first-order valence-corrected chi connectivity index (χ1v) is 7.55. The molecule has 0 aliphatic heterocycles. The summed E-state index contributed by atoms with van der Waals surface area (Å²) in [6.07, 6.45) is 0. The summed E-state index contributed by atoms with van der Waals surface area (Å²) in [5.41, 5.74) is 5.92. The average molecular weight is 358 g/mol. The molecule has 0 aliphatic carbocycles. The molecule has 0 unspecified atom stereocenters. The maximum atomic E-state index is 12.1. The van der Waals surface area contributed by atoms with E-state index < -0.39 is 24.5 Å². The Morgan fingerprint density at radius 2 is 2.00 bits per heavy atom. The zero-order valence-corrected chi connectivity index (χ0v) is 14.4. The molecule has 0 saturated carbocycles. The highest BCUT2D eigenvalue weighted by atomic mass is 35.5. The molecule has 1 aromatic rings. The lowest BCUT2D eigenvalue weighted by atomic mass is 10.2. The standard InChI is InChI=1S/C15H20ClN3O5/c1-4-18-14(21)8(2)19-13(20)7-24-15(22)9-5-10(16)11(17)6-12(9)23-3/h5-6,8H,4,7,17H2,1-3H3,(H,18,21)(H,19,20)/t8-/m1/s1. The Labute approximate surface area is 144 Å². The molecule has 1 rings (SSSR count). The van der Waals surface area contributed by atoms with Crippen LogP contribution in [0.15, 0.2) is 12.1 Å². The Hall–Kier alpha value is -2.48. The first-order chi connectivity index (χ1) is 11.3. The van der Waals surface area contributed by atoms with Crippen molar-refractivity contribution in [2.45, 2.75) is 19.9 Å². The van der Waals surface area contributed by atoms with Crippen molar-refractivity contribution in [3.05, 3.63) is 22.7 Å². The van der Waals surface area contributed by atoms with E-state index >= 15 is 0 Å². The number of carbonyl (C=O) groups is 3. The number of anilines is 1. The summed E-state index contributed by atoms with van der Waals surface area (Å²) in [5.74, 6) is -1.56. The Bertz CT molecular complexity index is 636. The smallest absolute Gasteiger partial charge is 0.342 e. The fourth-order valence-electron chi connectivity index (χ4n) is 1.78. The first kappa shape index (κ1) is 19.6. The van der Waals surface area contributed by atoms with Crippen LogP contribution in [-0.2, 0) is 14.3 Å². The molecule has 1 atom stereocenters. The van der Waals surface area contributed by atoms with E-state index in [1.807, 2.05) is 0 Å². The van der Waals surface area contributed by atoms with Gasteiger partial charge in [0.25, 0.3) is 5.91 Å². The van der Waals surface area contributed by atoms with Crippen LogP contribution in [0.4, 0.5) is 5.69 Å². The molecule has 2 amide bonds. The van der Waals surface area contributed by atoms with Gasteiger partial charge in [-0.15, -0.1) is 0 Å². The van der Waals surface area contributed by atoms with Gasteiger partial charge in [0.05, 0.1) is 17.8 Å². The van der Waals surface area contributed by atoms with Gasteiger partial charge < -0.3 is 25.8 Å². The van der Waals surface area contributed by atoms with Gasteiger partial charge in [0.1, 0.15) is 17.4 Å². The molecule has 0 fully saturated rings. The lowest BCUT2D eigenvalue weighted by molar-refractivity contribution is -0.130. The van der Waals surface area contributed by atoms with Gasteiger partial charge in [-0.1, -0.05) is 11.6 Å². The number of benzene rings is 1. The fourth-order valence-corrected chi connectivity index (χ4v) is 1.95. The summed E-state index contributed by atoms with van der Waals surface area (Å²) in [5, 5.41) is 5.14. The molecule has 0 saturated heterocycles. The molecule has 0 spiro atoms. The number of esters is 1. The predicted molar refractivity (Wildman–Crippen MR) is 89.0 cm³/mol. The fraction of sp³-hybridized carbons (Fsp3) is 0.400. The molecule has 9 heteroatoms. The van der Waals surface area contributed by atoms with E-state index in [0.29, 0.717) is 6.54 Å². The van der Waals surface area contributed by atoms with Gasteiger partial charge in [-0.05, 0) is 19.9 Å². The maximum absolute atomic E-state index is 12.1. The number of hydrogen-bond donors (Lipinski definition) is 3. The number of hydrogen-bond acceptors (Lipinski definition) is 6. The number of carbonyl (C=O) groups excluding carboxylic acids is 3. The lowest BCUT2D eigenvalue weighted by Crippen LogP contribution is -2.46. The quantitative estimate of drug-likeness (QED) is 0.488. The van der Waals surface area contributed by atoms with Crippen LogP contribution in [0.2, 0.25) is 5.02 Å². The highest BCUT2D eigenvalue weighted by Gasteiger charge is 2.19. The highest BCUT2D eigenvalue weighted by Crippen LogP contribution is 2.29. The van der Waals surface area contributed by atoms with E-state index in [4.69, 9.17) is 26.8 Å². The summed E-state index contributed by atoms with van der Waals surface area (Å²) in [4.78, 5) is 35.3. The molecule has 0 bridgehead atoms. The second-order valence-electron chi connectivity index (χ2n) is 4.83. The second kappa shape index (κ2) is 8.97. The second-order valence-corrected chi connectivity index (χ2v) is 5.24. The predicted octanol–water partition coefficient (Wildman–Crippen LogP) is 0.728. The number of nitrogens with two attached hydrogens (primary N) is 1. The zero-order chi connectivity index (χ0) is 18.3. The number of nitrogen functional groups attached to an aromatic ring is 1. The Balaban J connectivity index is 2.65. The van der Waals surface area contributed by atoms with Crippen molar-refractivity contribution >= 4 is 35.1 Å². The van der Waals surface area contributed by atoms with Crippen molar-refractivity contribution in [3.8, 4) is 5.75 Å². The van der Waals surface area contributed by atoms with E-state index in [2.05, 4.69) is 10.6 Å². The largest absolute Gasteiger partial charge is 0.496 e. The molecule has 8 nitrogen and oxygen atoms in total. The molecule has 1 aromatic carbocycles. The van der Waals surface area contributed by atoms with Crippen molar-refractivity contribution in [1.29, 1.82) is 0 Å². The summed E-state index contributed by atoms with van der Waals surface area (Å²) in [7, 11) is 1.36. The monoisotopic (exact) mass is 357 g/mol. The normalized spacial score (nSPS) is 11.3. The van der Waals surface area contributed by atoms with Crippen molar-refractivity contribution in [3.63, 3.8) is 0 Å². The number of amides is 2. The average Bonchev–Trinajstić information content (AvgIpc) is 2.54. The minimum absolute atomic E-state index is 0.0428. The number of halogens is 1. The minimum Gasteiger partial charge on any atom is -0.496 e. The molecule has 132 valence electrons. The summed E-state index contributed by atoms with van der Waals surface area (Å²) in [6, 6.07) is 1.94. The third-order valence-corrected chi connectivity index (χ3v) is 3.32. The van der Waals surface area contributed by atoms with Crippen LogP contribution in [0.1, 0.15) is 24.2 Å². The number of rotatable bonds is 7. The van der Waals surface area contributed by atoms with Gasteiger partial charge in [0.15, 0.2) is 6.61 Å². The number of likely N-dealkylation sites (N-methyl/N-ethyl adjacent to an activating group) is 1. The third kappa shape index (κ3) is 5.31. The summed E-state index contributed by atoms with van der Waals surface area (Å²) < 4.78 is 9.94. The van der Waals surface area contributed by atoms with Gasteiger partial charge in [0.2, 0.25) is 5.91 Å². The van der Waals surface area contributed by atoms with Crippen LogP contribution < -0.4 is 21.1 Å². The topological polar surface area (TPSA) is 120 Å². The van der Waals surface area contributed by atoms with Gasteiger partial charge in [0, 0.05) is 12.6 Å². The van der Waals surface area contributed by atoms with E-state index in [9.17, 15) is 14.4 Å². The minimum atomic E-state index is -0.797. The van der Waals surface area contributed by atoms with Crippen LogP contribution in [0, 0.1) is 0 Å². The molecule has 0 aliphatic rings. The molecular formula is C15H20ClN3O5. The SMILES string of the molecule is CCNC(=O)[C@@H](C)NC(=O)COC(=O)c1cc(Cl)c(N)cc1OC. The lowest BCUT2D eigenvalue weighted by Gasteiger charge is -2.14. The third-order valence-electron chi connectivity index (χ3n) is 2.99. The van der Waals surface area contributed by atoms with E-state index in [1.54, 1.807) is 6.92 Å². The maximum Gasteiger partial charge on any atom is 0.342 e. The van der Waals surface area contributed by atoms with Crippen LogP contribution >= 0.6 is 11.6 Å². The van der Waals surface area contributed by atoms with Gasteiger partial charge in [-0.2, -0.15) is 0 Å². The van der Waals surface area contributed by atoms with Crippen LogP contribution in [0.3, 0.4) is 0 Å².